The first-order chi connectivity index (χ1) is 14.6. The van der Waals surface area contributed by atoms with E-state index in [4.69, 9.17) is 9.47 Å². The Hall–Kier alpha value is -3.39. The summed E-state index contributed by atoms with van der Waals surface area (Å²) in [5, 5.41) is 5.71. The number of thiazole rings is 1. The summed E-state index contributed by atoms with van der Waals surface area (Å²) in [7, 11) is 3.20. The number of nitrogens with zero attached hydrogens (tertiary/aromatic N) is 2. The topological polar surface area (TPSA) is 89.1 Å². The van der Waals surface area contributed by atoms with Gasteiger partial charge in [0, 0.05) is 10.9 Å². The first-order valence-corrected chi connectivity index (χ1v) is 10.4. The molecule has 2 aromatic carbocycles. The Kier molecular flexibility index (Phi) is 5.67. The van der Waals surface area contributed by atoms with Crippen LogP contribution in [0, 0.1) is 0 Å². The summed E-state index contributed by atoms with van der Waals surface area (Å²) in [5.74, 6) is 1.93. The van der Waals surface area contributed by atoms with E-state index in [0.717, 1.165) is 33.1 Å². The molecule has 0 aliphatic heterocycles. The first-order valence-electron chi connectivity index (χ1n) is 9.48. The van der Waals surface area contributed by atoms with Crippen molar-refractivity contribution in [2.75, 3.05) is 14.2 Å². The van der Waals surface area contributed by atoms with Gasteiger partial charge < -0.3 is 19.8 Å². The third-order valence-electron chi connectivity index (χ3n) is 4.72. The lowest BCUT2D eigenvalue weighted by Gasteiger charge is -2.10. The largest absolute Gasteiger partial charge is 0.493 e. The number of ether oxygens (including phenoxy) is 2. The minimum atomic E-state index is -0.228. The zero-order valence-corrected chi connectivity index (χ0v) is 17.7. The lowest BCUT2D eigenvalue weighted by molar-refractivity contribution is -0.121. The molecule has 0 saturated carbocycles. The number of carbonyl (C=O) groups is 1. The van der Waals surface area contributed by atoms with E-state index < -0.39 is 0 Å². The summed E-state index contributed by atoms with van der Waals surface area (Å²) in [6.07, 6.45) is 0.203. The lowest BCUT2D eigenvalue weighted by Crippen LogP contribution is -2.28. The van der Waals surface area contributed by atoms with Gasteiger partial charge in [-0.2, -0.15) is 0 Å². The Morgan fingerprint density at radius 3 is 2.70 bits per heavy atom. The minimum absolute atomic E-state index is 0.105. The van der Waals surface area contributed by atoms with Gasteiger partial charge in [-0.3, -0.25) is 4.79 Å². The lowest BCUT2D eigenvalue weighted by atomic mass is 10.2. The molecule has 4 aromatic rings. The fourth-order valence-electron chi connectivity index (χ4n) is 3.19. The van der Waals surface area contributed by atoms with Crippen LogP contribution in [0.4, 0.5) is 0 Å². The van der Waals surface area contributed by atoms with Crippen LogP contribution in [0.25, 0.3) is 21.6 Å². The molecule has 0 spiro atoms. The number of carbonyl (C=O) groups excluding carboxylic acids is 1. The molecule has 0 aliphatic rings. The van der Waals surface area contributed by atoms with E-state index in [9.17, 15) is 4.79 Å². The van der Waals surface area contributed by atoms with Gasteiger partial charge in [0.05, 0.1) is 43.4 Å². The smallest absolute Gasteiger partial charge is 0.226 e. The molecule has 8 heteroatoms. The highest BCUT2D eigenvalue weighted by Gasteiger charge is 2.16. The van der Waals surface area contributed by atoms with Crippen molar-refractivity contribution >= 4 is 28.3 Å². The summed E-state index contributed by atoms with van der Waals surface area (Å²) in [6, 6.07) is 13.2. The summed E-state index contributed by atoms with van der Waals surface area (Å²) >= 11 is 1.49. The number of para-hydroxylation sites is 2. The molecule has 0 aliphatic carbocycles. The molecular formula is C22H22N4O3S. The van der Waals surface area contributed by atoms with Crippen LogP contribution in [0.3, 0.4) is 0 Å². The van der Waals surface area contributed by atoms with Gasteiger partial charge in [-0.25, -0.2) is 9.97 Å². The van der Waals surface area contributed by atoms with Gasteiger partial charge in [-0.05, 0) is 37.3 Å². The maximum Gasteiger partial charge on any atom is 0.226 e. The number of fused-ring (bicyclic) bond motifs is 1. The van der Waals surface area contributed by atoms with Crippen LogP contribution in [0.5, 0.6) is 11.5 Å². The van der Waals surface area contributed by atoms with Gasteiger partial charge in [-0.1, -0.05) is 12.1 Å². The van der Waals surface area contributed by atoms with Crippen molar-refractivity contribution < 1.29 is 14.3 Å². The summed E-state index contributed by atoms with van der Waals surface area (Å²) in [4.78, 5) is 24.9. The summed E-state index contributed by atoms with van der Waals surface area (Å²) < 4.78 is 10.6. The normalized spacial score (nSPS) is 12.0. The minimum Gasteiger partial charge on any atom is -0.493 e. The van der Waals surface area contributed by atoms with Gasteiger partial charge in [0.15, 0.2) is 11.5 Å². The molecule has 2 heterocycles. The van der Waals surface area contributed by atoms with E-state index in [1.54, 1.807) is 14.2 Å². The van der Waals surface area contributed by atoms with E-state index >= 15 is 0 Å². The Bertz CT molecular complexity index is 1150. The molecule has 0 radical (unpaired) electrons. The number of imidazole rings is 1. The van der Waals surface area contributed by atoms with Gasteiger partial charge >= 0.3 is 0 Å². The Labute approximate surface area is 178 Å². The zero-order valence-electron chi connectivity index (χ0n) is 16.9. The van der Waals surface area contributed by atoms with Crippen LogP contribution in [-0.2, 0) is 11.2 Å². The van der Waals surface area contributed by atoms with Crippen molar-refractivity contribution in [2.24, 2.45) is 0 Å². The number of hydrogen-bond donors (Lipinski definition) is 2. The molecule has 2 N–H and O–H groups in total. The molecule has 0 fully saturated rings. The highest BCUT2D eigenvalue weighted by molar-refractivity contribution is 7.13. The van der Waals surface area contributed by atoms with E-state index in [1.165, 1.54) is 11.3 Å². The van der Waals surface area contributed by atoms with Gasteiger partial charge in [0.1, 0.15) is 10.8 Å². The Balaban J connectivity index is 1.42. The summed E-state index contributed by atoms with van der Waals surface area (Å²) in [5.41, 5.74) is 3.47. The molecule has 0 bridgehead atoms. The maximum atomic E-state index is 12.5. The second kappa shape index (κ2) is 8.54. The average molecular weight is 423 g/mol. The zero-order chi connectivity index (χ0) is 21.1. The SMILES string of the molecule is COc1ccc(-c2nc(CC(=O)NC(C)c3nc4ccccc4[nH]3)cs2)cc1OC. The average Bonchev–Trinajstić information content (AvgIpc) is 3.40. The fraction of sp³-hybridized carbons (Fsp3) is 0.227. The molecule has 1 unspecified atom stereocenters. The van der Waals surface area contributed by atoms with Gasteiger partial charge in [0.2, 0.25) is 5.91 Å². The monoisotopic (exact) mass is 422 g/mol. The van der Waals surface area contributed by atoms with Crippen molar-refractivity contribution in [2.45, 2.75) is 19.4 Å². The number of nitrogens with one attached hydrogen (secondary N) is 2. The number of aromatic nitrogens is 3. The third-order valence-corrected chi connectivity index (χ3v) is 5.66. The van der Waals surface area contributed by atoms with Crippen molar-refractivity contribution in [3.63, 3.8) is 0 Å². The van der Waals surface area contributed by atoms with Crippen LogP contribution in [0.15, 0.2) is 47.8 Å². The quantitative estimate of drug-likeness (QED) is 0.468. The highest BCUT2D eigenvalue weighted by atomic mass is 32.1. The molecular weight excluding hydrogens is 400 g/mol. The third kappa shape index (κ3) is 4.13. The Morgan fingerprint density at radius 2 is 1.93 bits per heavy atom. The molecule has 7 nitrogen and oxygen atoms in total. The number of aromatic amines is 1. The van der Waals surface area contributed by atoms with Crippen LogP contribution in [0.2, 0.25) is 0 Å². The number of rotatable bonds is 7. The van der Waals surface area contributed by atoms with E-state index in [1.807, 2.05) is 54.8 Å². The molecule has 1 amide bonds. The number of hydrogen-bond acceptors (Lipinski definition) is 6. The van der Waals surface area contributed by atoms with Gasteiger partial charge in [0.25, 0.3) is 0 Å². The maximum absolute atomic E-state index is 12.5. The molecule has 0 saturated heterocycles. The number of benzene rings is 2. The molecule has 30 heavy (non-hydrogen) atoms. The van der Waals surface area contributed by atoms with Crippen molar-refractivity contribution in [3.05, 3.63) is 59.4 Å². The van der Waals surface area contributed by atoms with Crippen molar-refractivity contribution in [1.82, 2.24) is 20.3 Å². The predicted octanol–water partition coefficient (Wildman–Crippen LogP) is 4.12. The van der Waals surface area contributed by atoms with E-state index in [-0.39, 0.29) is 18.4 Å². The fourth-order valence-corrected chi connectivity index (χ4v) is 4.01. The van der Waals surface area contributed by atoms with Crippen molar-refractivity contribution in [1.29, 1.82) is 0 Å². The second-order valence-corrected chi connectivity index (χ2v) is 7.68. The Morgan fingerprint density at radius 1 is 1.13 bits per heavy atom. The number of H-pyrrole nitrogens is 1. The van der Waals surface area contributed by atoms with E-state index in [0.29, 0.717) is 11.5 Å². The van der Waals surface area contributed by atoms with Crippen LogP contribution < -0.4 is 14.8 Å². The standard InChI is InChI=1S/C22H22N4O3S/c1-13(21-25-16-6-4-5-7-17(16)26-21)23-20(27)11-15-12-30-22(24-15)14-8-9-18(28-2)19(10-14)29-3/h4-10,12-13H,11H2,1-3H3,(H,23,27)(H,25,26). The van der Waals surface area contributed by atoms with Crippen LogP contribution >= 0.6 is 11.3 Å². The first kappa shape index (κ1) is 19.9. The summed E-state index contributed by atoms with van der Waals surface area (Å²) in [6.45, 7) is 1.91. The van der Waals surface area contributed by atoms with Crippen LogP contribution in [0.1, 0.15) is 24.5 Å². The molecule has 2 aromatic heterocycles. The second-order valence-electron chi connectivity index (χ2n) is 6.82. The number of methoxy groups -OCH3 is 2. The van der Waals surface area contributed by atoms with Crippen molar-refractivity contribution in [3.8, 4) is 22.1 Å². The molecule has 4 rings (SSSR count). The van der Waals surface area contributed by atoms with Gasteiger partial charge in [-0.15, -0.1) is 11.3 Å². The van der Waals surface area contributed by atoms with Crippen LogP contribution in [-0.4, -0.2) is 35.1 Å². The molecule has 154 valence electrons. The van der Waals surface area contributed by atoms with E-state index in [2.05, 4.69) is 20.3 Å². The molecule has 1 atom stereocenters. The highest BCUT2D eigenvalue weighted by Crippen LogP contribution is 2.33. The number of amides is 1. The predicted molar refractivity (Wildman–Crippen MR) is 117 cm³/mol.